The Morgan fingerprint density at radius 1 is 1.10 bits per heavy atom. The third-order valence-electron chi connectivity index (χ3n) is 4.74. The number of aryl methyl sites for hydroxylation is 2. The lowest BCUT2D eigenvalue weighted by atomic mass is 9.89. The van der Waals surface area contributed by atoms with Gasteiger partial charge in [-0.3, -0.25) is 4.79 Å². The number of hydrazine groups is 1. The van der Waals surface area contributed by atoms with Gasteiger partial charge in [0.25, 0.3) is 0 Å². The first-order chi connectivity index (χ1) is 9.86. The summed E-state index contributed by atoms with van der Waals surface area (Å²) in [5.41, 5.74) is 7.16. The van der Waals surface area contributed by atoms with E-state index in [0.29, 0.717) is 0 Å². The van der Waals surface area contributed by atoms with Crippen molar-refractivity contribution in [3.05, 3.63) is 29.3 Å². The Morgan fingerprint density at radius 3 is 2.70 bits per heavy atom. The average molecular weight is 272 g/mol. The van der Waals surface area contributed by atoms with Gasteiger partial charge in [0.2, 0.25) is 6.41 Å². The summed E-state index contributed by atoms with van der Waals surface area (Å²) in [5.74, 6) is 0.723. The van der Waals surface area contributed by atoms with E-state index < -0.39 is 0 Å². The Bertz CT molecular complexity index is 466. The van der Waals surface area contributed by atoms with Crippen LogP contribution in [0, 0.1) is 5.92 Å². The van der Waals surface area contributed by atoms with Gasteiger partial charge in [-0.25, -0.2) is 10.4 Å². The molecule has 1 amide bonds. The molecular formula is C17H24N2O. The van der Waals surface area contributed by atoms with Gasteiger partial charge in [0, 0.05) is 6.54 Å². The van der Waals surface area contributed by atoms with Crippen LogP contribution >= 0.6 is 0 Å². The molecule has 1 saturated carbocycles. The maximum absolute atomic E-state index is 11.3. The lowest BCUT2D eigenvalue weighted by molar-refractivity contribution is -0.108. The molecule has 3 heteroatoms. The normalized spacial score (nSPS) is 18.8. The molecule has 0 aromatic heterocycles. The largest absolute Gasteiger partial charge is 0.277 e. The zero-order chi connectivity index (χ0) is 13.8. The van der Waals surface area contributed by atoms with Gasteiger partial charge >= 0.3 is 0 Å². The minimum atomic E-state index is 0.723. The van der Waals surface area contributed by atoms with E-state index in [-0.39, 0.29) is 0 Å². The molecule has 3 nitrogen and oxygen atoms in total. The molecule has 1 aromatic rings. The standard InChI is InChI=1S/C17H24N2O/c20-13-19(18-12-14-5-2-1-3-6-14)17-10-9-15-7-4-8-16(15)11-17/h9-11,13-14,18H,1-8,12H2. The second-order valence-electron chi connectivity index (χ2n) is 6.15. The van der Waals surface area contributed by atoms with E-state index in [4.69, 9.17) is 0 Å². The van der Waals surface area contributed by atoms with Crippen LogP contribution in [0.5, 0.6) is 0 Å². The van der Waals surface area contributed by atoms with Gasteiger partial charge < -0.3 is 0 Å². The van der Waals surface area contributed by atoms with Gasteiger partial charge in [-0.05, 0) is 61.3 Å². The number of carbonyl (C=O) groups excluding carboxylic acids is 1. The molecule has 0 atom stereocenters. The number of nitrogens with one attached hydrogen (secondary N) is 1. The van der Waals surface area contributed by atoms with Crippen molar-refractivity contribution in [3.8, 4) is 0 Å². The second kappa shape index (κ2) is 6.40. The fourth-order valence-electron chi connectivity index (χ4n) is 3.52. The number of carbonyl (C=O) groups is 1. The number of benzene rings is 1. The van der Waals surface area contributed by atoms with Gasteiger partial charge in [0.15, 0.2) is 0 Å². The summed E-state index contributed by atoms with van der Waals surface area (Å²) in [6, 6.07) is 6.41. The smallest absolute Gasteiger partial charge is 0.228 e. The molecule has 0 bridgehead atoms. The van der Waals surface area contributed by atoms with E-state index in [1.54, 1.807) is 5.01 Å². The molecule has 0 spiro atoms. The summed E-state index contributed by atoms with van der Waals surface area (Å²) in [5, 5.41) is 1.66. The monoisotopic (exact) mass is 272 g/mol. The lowest BCUT2D eigenvalue weighted by Gasteiger charge is -2.26. The van der Waals surface area contributed by atoms with Crippen molar-refractivity contribution in [2.45, 2.75) is 51.4 Å². The van der Waals surface area contributed by atoms with Crippen molar-refractivity contribution in [2.24, 2.45) is 5.92 Å². The molecule has 0 unspecified atom stereocenters. The molecule has 1 N–H and O–H groups in total. The number of hydrogen-bond acceptors (Lipinski definition) is 2. The maximum Gasteiger partial charge on any atom is 0.228 e. The Labute approximate surface area is 121 Å². The third kappa shape index (κ3) is 3.04. The fourth-order valence-corrected chi connectivity index (χ4v) is 3.52. The Hall–Kier alpha value is -1.35. The van der Waals surface area contributed by atoms with Crippen LogP contribution in [0.15, 0.2) is 18.2 Å². The zero-order valence-electron chi connectivity index (χ0n) is 12.1. The Balaban J connectivity index is 1.62. The molecular weight excluding hydrogens is 248 g/mol. The van der Waals surface area contributed by atoms with Crippen LogP contribution in [0.3, 0.4) is 0 Å². The quantitative estimate of drug-likeness (QED) is 0.659. The molecule has 0 saturated heterocycles. The van der Waals surface area contributed by atoms with E-state index in [1.165, 1.54) is 56.1 Å². The summed E-state index contributed by atoms with van der Waals surface area (Å²) < 4.78 is 0. The van der Waals surface area contributed by atoms with Crippen LogP contribution in [-0.4, -0.2) is 13.0 Å². The topological polar surface area (TPSA) is 32.3 Å². The molecule has 20 heavy (non-hydrogen) atoms. The molecule has 1 fully saturated rings. The number of hydrogen-bond donors (Lipinski definition) is 1. The van der Waals surface area contributed by atoms with Crippen LogP contribution in [0.2, 0.25) is 0 Å². The first-order valence-corrected chi connectivity index (χ1v) is 7.96. The second-order valence-corrected chi connectivity index (χ2v) is 6.15. The highest BCUT2D eigenvalue weighted by Crippen LogP contribution is 2.26. The summed E-state index contributed by atoms with van der Waals surface area (Å²) in [4.78, 5) is 11.3. The van der Waals surface area contributed by atoms with E-state index in [9.17, 15) is 4.79 Å². The molecule has 0 radical (unpaired) electrons. The lowest BCUT2D eigenvalue weighted by Crippen LogP contribution is -2.40. The highest BCUT2D eigenvalue weighted by atomic mass is 16.1. The van der Waals surface area contributed by atoms with Crippen molar-refractivity contribution in [3.63, 3.8) is 0 Å². The van der Waals surface area contributed by atoms with Crippen LogP contribution in [-0.2, 0) is 17.6 Å². The molecule has 0 aliphatic heterocycles. The molecule has 0 heterocycles. The van der Waals surface area contributed by atoms with E-state index >= 15 is 0 Å². The Morgan fingerprint density at radius 2 is 1.90 bits per heavy atom. The van der Waals surface area contributed by atoms with Crippen molar-refractivity contribution in [1.29, 1.82) is 0 Å². The summed E-state index contributed by atoms with van der Waals surface area (Å²) in [7, 11) is 0. The van der Waals surface area contributed by atoms with Crippen LogP contribution in [0.1, 0.15) is 49.7 Å². The summed E-state index contributed by atoms with van der Waals surface area (Å²) in [6.45, 7) is 0.913. The van der Waals surface area contributed by atoms with E-state index in [1.807, 2.05) is 0 Å². The van der Waals surface area contributed by atoms with Crippen molar-refractivity contribution < 1.29 is 4.79 Å². The van der Waals surface area contributed by atoms with Gasteiger partial charge in [0.1, 0.15) is 0 Å². The predicted octanol–water partition coefficient (Wildman–Crippen LogP) is 3.22. The number of rotatable bonds is 5. The maximum atomic E-state index is 11.3. The molecule has 3 rings (SSSR count). The van der Waals surface area contributed by atoms with Gasteiger partial charge in [-0.2, -0.15) is 0 Å². The van der Waals surface area contributed by atoms with Gasteiger partial charge in [-0.15, -0.1) is 0 Å². The molecule has 2 aliphatic carbocycles. The first-order valence-electron chi connectivity index (χ1n) is 7.96. The Kier molecular flexibility index (Phi) is 4.36. The highest BCUT2D eigenvalue weighted by Gasteiger charge is 2.16. The minimum Gasteiger partial charge on any atom is -0.277 e. The molecule has 108 valence electrons. The number of fused-ring (bicyclic) bond motifs is 1. The first kappa shape index (κ1) is 13.6. The predicted molar refractivity (Wildman–Crippen MR) is 81.6 cm³/mol. The molecule has 1 aromatic carbocycles. The number of anilines is 1. The van der Waals surface area contributed by atoms with Gasteiger partial charge in [-0.1, -0.05) is 25.3 Å². The average Bonchev–Trinajstić information content (AvgIpc) is 2.96. The van der Waals surface area contributed by atoms with Gasteiger partial charge in [0.05, 0.1) is 5.69 Å². The SMILES string of the molecule is O=CN(NCC1CCCCC1)c1ccc2c(c1)CCC2. The number of nitrogens with zero attached hydrogens (tertiary/aromatic N) is 1. The molecule has 2 aliphatic rings. The van der Waals surface area contributed by atoms with E-state index in [2.05, 4.69) is 23.6 Å². The number of amides is 1. The summed E-state index contributed by atoms with van der Waals surface area (Å²) in [6.07, 6.45) is 11.1. The van der Waals surface area contributed by atoms with Crippen LogP contribution in [0.25, 0.3) is 0 Å². The third-order valence-corrected chi connectivity index (χ3v) is 4.74. The fraction of sp³-hybridized carbons (Fsp3) is 0.588. The highest BCUT2D eigenvalue weighted by molar-refractivity contribution is 5.74. The minimum absolute atomic E-state index is 0.723. The van der Waals surface area contributed by atoms with Crippen molar-refractivity contribution in [1.82, 2.24) is 5.43 Å². The van der Waals surface area contributed by atoms with Crippen LogP contribution < -0.4 is 10.4 Å². The summed E-state index contributed by atoms with van der Waals surface area (Å²) >= 11 is 0. The van der Waals surface area contributed by atoms with E-state index in [0.717, 1.165) is 31.0 Å². The van der Waals surface area contributed by atoms with Crippen molar-refractivity contribution >= 4 is 12.1 Å². The zero-order valence-corrected chi connectivity index (χ0v) is 12.1. The van der Waals surface area contributed by atoms with Crippen LogP contribution in [0.4, 0.5) is 5.69 Å². The van der Waals surface area contributed by atoms with Crippen molar-refractivity contribution in [2.75, 3.05) is 11.6 Å².